The van der Waals surface area contributed by atoms with E-state index in [-0.39, 0.29) is 29.6 Å². The molecule has 1 aromatic heterocycles. The van der Waals surface area contributed by atoms with Gasteiger partial charge in [0.1, 0.15) is 0 Å². The third kappa shape index (κ3) is 3.85. The minimum absolute atomic E-state index is 0. The van der Waals surface area contributed by atoms with Gasteiger partial charge in [-0.25, -0.2) is 9.78 Å². The van der Waals surface area contributed by atoms with Gasteiger partial charge in [0.15, 0.2) is 0 Å². The van der Waals surface area contributed by atoms with Crippen LogP contribution in [-0.4, -0.2) is 9.55 Å². The molecular weight excluding hydrogens is 251 g/mol. The van der Waals surface area contributed by atoms with Crippen molar-refractivity contribution in [1.82, 2.24) is 9.55 Å². The molecule has 0 amide bonds. The molecular formula is C11H8ClN2NaO2. The maximum absolute atomic E-state index is 11.3. The Balaban J connectivity index is 0.00000144. The fraction of sp³-hybridized carbons (Fsp3) is 0.0909. The molecule has 0 saturated heterocycles. The molecule has 1 heterocycles. The fourth-order valence-electron chi connectivity index (χ4n) is 1.32. The van der Waals surface area contributed by atoms with Gasteiger partial charge in [-0.3, -0.25) is 4.57 Å². The first kappa shape index (κ1) is 14.3. The molecule has 0 saturated carbocycles. The summed E-state index contributed by atoms with van der Waals surface area (Å²) in [5, 5.41) is 11.4. The van der Waals surface area contributed by atoms with E-state index in [2.05, 4.69) is 4.98 Å². The van der Waals surface area contributed by atoms with Crippen LogP contribution in [0.15, 0.2) is 41.3 Å². The monoisotopic (exact) mass is 258 g/mol. The molecule has 0 unspecified atom stereocenters. The van der Waals surface area contributed by atoms with E-state index < -0.39 is 11.6 Å². The van der Waals surface area contributed by atoms with Crippen molar-refractivity contribution in [3.05, 3.63) is 57.6 Å². The average molecular weight is 259 g/mol. The van der Waals surface area contributed by atoms with Gasteiger partial charge in [-0.05, 0) is 29.6 Å². The van der Waals surface area contributed by atoms with E-state index in [1.165, 1.54) is 16.8 Å². The third-order valence-electron chi connectivity index (χ3n) is 2.11. The predicted molar refractivity (Wildman–Crippen MR) is 58.5 cm³/mol. The van der Waals surface area contributed by atoms with Crippen LogP contribution in [-0.2, 0) is 6.54 Å². The predicted octanol–water partition coefficient (Wildman–Crippen LogP) is -1.98. The van der Waals surface area contributed by atoms with Crippen LogP contribution in [0.25, 0.3) is 0 Å². The Morgan fingerprint density at radius 1 is 1.24 bits per heavy atom. The Hall–Kier alpha value is -0.810. The van der Waals surface area contributed by atoms with Crippen LogP contribution in [0, 0.1) is 0 Å². The summed E-state index contributed by atoms with van der Waals surface area (Å²) in [7, 11) is 0. The fourth-order valence-corrected chi connectivity index (χ4v) is 1.45. The van der Waals surface area contributed by atoms with E-state index in [4.69, 9.17) is 11.6 Å². The van der Waals surface area contributed by atoms with E-state index in [1.807, 2.05) is 12.1 Å². The Labute approximate surface area is 125 Å². The summed E-state index contributed by atoms with van der Waals surface area (Å²) >= 11 is 5.74. The number of benzene rings is 1. The molecule has 0 aliphatic rings. The van der Waals surface area contributed by atoms with E-state index in [0.717, 1.165) is 5.56 Å². The first-order valence-electron chi connectivity index (χ1n) is 4.64. The van der Waals surface area contributed by atoms with Gasteiger partial charge in [-0.2, -0.15) is 0 Å². The maximum Gasteiger partial charge on any atom is 1.00 e. The normalized spacial score (nSPS) is 9.71. The second kappa shape index (κ2) is 6.21. The number of nitrogens with zero attached hydrogens (tertiary/aromatic N) is 2. The van der Waals surface area contributed by atoms with Gasteiger partial charge in [0, 0.05) is 11.2 Å². The molecule has 2 rings (SSSR count). The Bertz CT molecular complexity index is 554. The van der Waals surface area contributed by atoms with Crippen LogP contribution < -0.4 is 40.4 Å². The number of hydrogen-bond donors (Lipinski definition) is 0. The van der Waals surface area contributed by atoms with Crippen LogP contribution in [0.1, 0.15) is 5.56 Å². The van der Waals surface area contributed by atoms with E-state index in [1.54, 1.807) is 12.1 Å². The van der Waals surface area contributed by atoms with Crippen molar-refractivity contribution in [1.29, 1.82) is 0 Å². The van der Waals surface area contributed by atoms with Gasteiger partial charge in [-0.15, -0.1) is 0 Å². The van der Waals surface area contributed by atoms with Crippen LogP contribution >= 0.6 is 11.6 Å². The van der Waals surface area contributed by atoms with Gasteiger partial charge in [-0.1, -0.05) is 23.7 Å². The minimum Gasteiger partial charge on any atom is -0.858 e. The molecule has 17 heavy (non-hydrogen) atoms. The summed E-state index contributed by atoms with van der Waals surface area (Å²) in [6.07, 6.45) is 1.44. The molecule has 1 aromatic carbocycles. The minimum atomic E-state index is -0.539. The first-order chi connectivity index (χ1) is 7.65. The molecule has 0 radical (unpaired) electrons. The van der Waals surface area contributed by atoms with Crippen molar-refractivity contribution in [2.75, 3.05) is 0 Å². The molecule has 2 aromatic rings. The van der Waals surface area contributed by atoms with Crippen molar-refractivity contribution >= 4 is 11.6 Å². The third-order valence-corrected chi connectivity index (χ3v) is 2.37. The van der Waals surface area contributed by atoms with Crippen LogP contribution in [0.4, 0.5) is 0 Å². The number of aromatic nitrogens is 2. The van der Waals surface area contributed by atoms with E-state index >= 15 is 0 Å². The zero-order valence-corrected chi connectivity index (χ0v) is 12.0. The van der Waals surface area contributed by atoms with Crippen molar-refractivity contribution in [2.45, 2.75) is 6.54 Å². The van der Waals surface area contributed by atoms with Crippen molar-refractivity contribution < 1.29 is 34.7 Å². The molecule has 0 N–H and O–H groups in total. The average Bonchev–Trinajstić information content (AvgIpc) is 2.25. The number of rotatable bonds is 2. The second-order valence-electron chi connectivity index (χ2n) is 3.30. The molecule has 6 heteroatoms. The number of halogens is 1. The van der Waals surface area contributed by atoms with Crippen molar-refractivity contribution in [3.63, 3.8) is 0 Å². The molecule has 0 bridgehead atoms. The standard InChI is InChI=1S/C11H9ClN2O2.Na/c12-9-3-1-8(2-4-9)7-14-6-5-10(15)13-11(14)16;/h1-6H,7H2,(H,13,15,16);/q;+1/p-1. The Kier molecular flexibility index (Phi) is 5.21. The second-order valence-corrected chi connectivity index (χ2v) is 3.74. The first-order valence-corrected chi connectivity index (χ1v) is 5.02. The summed E-state index contributed by atoms with van der Waals surface area (Å²) < 4.78 is 1.37. The number of hydrogen-bond acceptors (Lipinski definition) is 3. The summed E-state index contributed by atoms with van der Waals surface area (Å²) in [6, 6.07) is 8.39. The molecule has 0 atom stereocenters. The molecule has 4 nitrogen and oxygen atoms in total. The molecule has 0 fully saturated rings. The van der Waals surface area contributed by atoms with Gasteiger partial charge in [0.2, 0.25) is 0 Å². The molecule has 0 aliphatic carbocycles. The van der Waals surface area contributed by atoms with Crippen molar-refractivity contribution in [2.24, 2.45) is 0 Å². The van der Waals surface area contributed by atoms with Crippen LogP contribution in [0.5, 0.6) is 5.88 Å². The SMILES string of the molecule is O=c1nc([O-])ccn1Cc1ccc(Cl)cc1.[Na+]. The van der Waals surface area contributed by atoms with E-state index in [0.29, 0.717) is 11.6 Å². The summed E-state index contributed by atoms with van der Waals surface area (Å²) in [5.41, 5.74) is 0.384. The van der Waals surface area contributed by atoms with Crippen LogP contribution in [0.2, 0.25) is 5.02 Å². The molecule has 0 spiro atoms. The summed E-state index contributed by atoms with van der Waals surface area (Å²) in [5.74, 6) is -0.516. The van der Waals surface area contributed by atoms with Gasteiger partial charge in [0.05, 0.1) is 6.54 Å². The summed E-state index contributed by atoms with van der Waals surface area (Å²) in [6.45, 7) is 0.378. The van der Waals surface area contributed by atoms with Gasteiger partial charge >= 0.3 is 35.2 Å². The largest absolute Gasteiger partial charge is 1.00 e. The van der Waals surface area contributed by atoms with Crippen LogP contribution in [0.3, 0.4) is 0 Å². The molecule has 82 valence electrons. The maximum atomic E-state index is 11.3. The van der Waals surface area contributed by atoms with Gasteiger partial charge in [0.25, 0.3) is 0 Å². The smallest absolute Gasteiger partial charge is 0.858 e. The van der Waals surface area contributed by atoms with Gasteiger partial charge < -0.3 is 5.11 Å². The zero-order chi connectivity index (χ0) is 11.5. The van der Waals surface area contributed by atoms with E-state index in [9.17, 15) is 9.90 Å². The quantitative estimate of drug-likeness (QED) is 0.587. The molecule has 0 aliphatic heterocycles. The van der Waals surface area contributed by atoms with Crippen molar-refractivity contribution in [3.8, 4) is 5.88 Å². The Morgan fingerprint density at radius 2 is 1.88 bits per heavy atom. The zero-order valence-electron chi connectivity index (χ0n) is 9.26. The Morgan fingerprint density at radius 3 is 2.47 bits per heavy atom. The topological polar surface area (TPSA) is 57.9 Å². The summed E-state index contributed by atoms with van der Waals surface area (Å²) in [4.78, 5) is 14.7.